The summed E-state index contributed by atoms with van der Waals surface area (Å²) in [7, 11) is 0. The molecule has 0 aliphatic carbocycles. The third kappa shape index (κ3) is 2.29. The number of H-pyrrole nitrogens is 1. The Morgan fingerprint density at radius 1 is 1.38 bits per heavy atom. The monoisotopic (exact) mass is 238 g/mol. The predicted molar refractivity (Wildman–Crippen MR) is 65.0 cm³/mol. The van der Waals surface area contributed by atoms with Crippen LogP contribution < -0.4 is 5.56 Å². The molecule has 1 N–H and O–H groups in total. The van der Waals surface area contributed by atoms with Crippen LogP contribution in [-0.4, -0.2) is 40.4 Å². The minimum absolute atomic E-state index is 0.151. The Labute approximate surface area is 98.0 Å². The highest BCUT2D eigenvalue weighted by Gasteiger charge is 2.20. The first-order valence-corrected chi connectivity index (χ1v) is 6.41. The molecule has 2 heterocycles. The summed E-state index contributed by atoms with van der Waals surface area (Å²) in [6.45, 7) is 3.26. The number of amides is 1. The molecule has 0 saturated carbocycles. The smallest absolute Gasteiger partial charge is 0.260 e. The van der Waals surface area contributed by atoms with Gasteiger partial charge in [0.25, 0.3) is 11.5 Å². The van der Waals surface area contributed by atoms with Gasteiger partial charge in [-0.1, -0.05) is 0 Å². The number of hydrogen-bond acceptors (Lipinski definition) is 3. The number of rotatable bonds is 1. The number of pyridine rings is 1. The Bertz CT molecular complexity index is 450. The first-order valence-electron chi connectivity index (χ1n) is 5.25. The number of hydrogen-bond donors (Lipinski definition) is 1. The molecule has 1 aliphatic rings. The maximum atomic E-state index is 12.0. The maximum absolute atomic E-state index is 12.0. The Balaban J connectivity index is 2.23. The van der Waals surface area contributed by atoms with Crippen LogP contribution in [-0.2, 0) is 0 Å². The van der Waals surface area contributed by atoms with Gasteiger partial charge in [0.1, 0.15) is 5.56 Å². The molecule has 2 rings (SSSR count). The molecule has 4 nitrogen and oxygen atoms in total. The largest absolute Gasteiger partial charge is 0.337 e. The lowest BCUT2D eigenvalue weighted by Crippen LogP contribution is -2.40. The molecule has 86 valence electrons. The Morgan fingerprint density at radius 3 is 2.69 bits per heavy atom. The van der Waals surface area contributed by atoms with Gasteiger partial charge in [0.05, 0.1) is 0 Å². The molecule has 1 amide bonds. The molecular weight excluding hydrogens is 224 g/mol. The molecule has 1 saturated heterocycles. The number of thioether (sulfide) groups is 1. The van der Waals surface area contributed by atoms with Gasteiger partial charge in [0.2, 0.25) is 0 Å². The molecule has 16 heavy (non-hydrogen) atoms. The van der Waals surface area contributed by atoms with Crippen molar-refractivity contribution in [3.63, 3.8) is 0 Å². The molecule has 0 atom stereocenters. The van der Waals surface area contributed by atoms with E-state index in [1.165, 1.54) is 0 Å². The lowest BCUT2D eigenvalue weighted by atomic mass is 10.2. The van der Waals surface area contributed by atoms with Crippen LogP contribution in [0.4, 0.5) is 0 Å². The van der Waals surface area contributed by atoms with Crippen LogP contribution in [0.25, 0.3) is 0 Å². The molecule has 0 aromatic carbocycles. The third-order valence-corrected chi connectivity index (χ3v) is 3.53. The van der Waals surface area contributed by atoms with Crippen LogP contribution in [0.2, 0.25) is 0 Å². The predicted octanol–water partition coefficient (Wildman–Crippen LogP) is 0.872. The highest BCUT2D eigenvalue weighted by Crippen LogP contribution is 2.11. The summed E-state index contributed by atoms with van der Waals surface area (Å²) in [5, 5.41) is 0. The van der Waals surface area contributed by atoms with Gasteiger partial charge in [-0.2, -0.15) is 11.8 Å². The van der Waals surface area contributed by atoms with Crippen molar-refractivity contribution < 1.29 is 4.79 Å². The van der Waals surface area contributed by atoms with Gasteiger partial charge >= 0.3 is 0 Å². The summed E-state index contributed by atoms with van der Waals surface area (Å²) in [6.07, 6.45) is 0. The average molecular weight is 238 g/mol. The second-order valence-corrected chi connectivity index (χ2v) is 5.01. The highest BCUT2D eigenvalue weighted by molar-refractivity contribution is 7.99. The number of aromatic amines is 1. The van der Waals surface area contributed by atoms with E-state index in [0.717, 1.165) is 30.3 Å². The molecule has 1 aromatic rings. The lowest BCUT2D eigenvalue weighted by Gasteiger charge is -2.26. The Kier molecular flexibility index (Phi) is 3.33. The molecule has 1 aromatic heterocycles. The van der Waals surface area contributed by atoms with Crippen LogP contribution in [0.5, 0.6) is 0 Å². The number of nitrogens with one attached hydrogen (secondary N) is 1. The van der Waals surface area contributed by atoms with E-state index in [2.05, 4.69) is 4.98 Å². The van der Waals surface area contributed by atoms with E-state index in [1.807, 2.05) is 11.8 Å². The first-order chi connectivity index (χ1) is 7.68. The van der Waals surface area contributed by atoms with Gasteiger partial charge in [0, 0.05) is 30.3 Å². The van der Waals surface area contributed by atoms with Crippen molar-refractivity contribution in [3.8, 4) is 0 Å². The van der Waals surface area contributed by atoms with Crippen LogP contribution in [0, 0.1) is 6.92 Å². The fourth-order valence-corrected chi connectivity index (χ4v) is 2.58. The summed E-state index contributed by atoms with van der Waals surface area (Å²) >= 11 is 1.84. The third-order valence-electron chi connectivity index (χ3n) is 2.58. The van der Waals surface area contributed by atoms with Gasteiger partial charge in [-0.3, -0.25) is 9.59 Å². The van der Waals surface area contributed by atoms with Crippen molar-refractivity contribution in [2.24, 2.45) is 0 Å². The number of nitrogens with zero attached hydrogens (tertiary/aromatic N) is 1. The van der Waals surface area contributed by atoms with Gasteiger partial charge < -0.3 is 9.88 Å². The summed E-state index contributed by atoms with van der Waals surface area (Å²) in [4.78, 5) is 28.0. The summed E-state index contributed by atoms with van der Waals surface area (Å²) in [5.41, 5.74) is 0.733. The van der Waals surface area contributed by atoms with E-state index in [-0.39, 0.29) is 17.0 Å². The van der Waals surface area contributed by atoms with Crippen LogP contribution in [0.1, 0.15) is 16.1 Å². The van der Waals surface area contributed by atoms with Crippen LogP contribution in [0.15, 0.2) is 16.9 Å². The average Bonchev–Trinajstić information content (AvgIpc) is 2.29. The topological polar surface area (TPSA) is 53.2 Å². The number of carbonyl (C=O) groups excluding carboxylic acids is 1. The number of aryl methyl sites for hydroxylation is 1. The van der Waals surface area contributed by atoms with Crippen molar-refractivity contribution in [1.82, 2.24) is 9.88 Å². The standard InChI is InChI=1S/C11H14N2O2S/c1-8-2-3-9(10(14)12-8)11(15)13-4-6-16-7-5-13/h2-3H,4-7H2,1H3,(H,12,14). The van der Waals surface area contributed by atoms with Gasteiger partial charge in [-0.15, -0.1) is 0 Å². The minimum atomic E-state index is -0.289. The fourth-order valence-electron chi connectivity index (χ4n) is 1.68. The zero-order chi connectivity index (χ0) is 11.5. The van der Waals surface area contributed by atoms with Crippen molar-refractivity contribution >= 4 is 17.7 Å². The molecule has 0 radical (unpaired) electrons. The van der Waals surface area contributed by atoms with E-state index >= 15 is 0 Å². The zero-order valence-electron chi connectivity index (χ0n) is 9.16. The van der Waals surface area contributed by atoms with Gasteiger partial charge in [-0.05, 0) is 19.1 Å². The highest BCUT2D eigenvalue weighted by atomic mass is 32.2. The van der Waals surface area contributed by atoms with E-state index in [9.17, 15) is 9.59 Å². The van der Waals surface area contributed by atoms with E-state index in [4.69, 9.17) is 0 Å². The normalized spacial score (nSPS) is 16.2. The van der Waals surface area contributed by atoms with E-state index in [1.54, 1.807) is 24.0 Å². The van der Waals surface area contributed by atoms with Crippen LogP contribution in [0.3, 0.4) is 0 Å². The Hall–Kier alpha value is -1.23. The Morgan fingerprint density at radius 2 is 2.06 bits per heavy atom. The molecular formula is C11H14N2O2S. The summed E-state index contributed by atoms with van der Waals surface area (Å²) < 4.78 is 0. The zero-order valence-corrected chi connectivity index (χ0v) is 9.97. The summed E-state index contributed by atoms with van der Waals surface area (Å²) in [6, 6.07) is 3.37. The van der Waals surface area contributed by atoms with Crippen LogP contribution >= 0.6 is 11.8 Å². The SMILES string of the molecule is Cc1ccc(C(=O)N2CCSCC2)c(=O)[nH]1. The van der Waals surface area contributed by atoms with Gasteiger partial charge in [0.15, 0.2) is 0 Å². The maximum Gasteiger partial charge on any atom is 0.260 e. The molecule has 0 bridgehead atoms. The second kappa shape index (κ2) is 4.74. The number of aromatic nitrogens is 1. The molecule has 0 unspecified atom stereocenters. The second-order valence-electron chi connectivity index (χ2n) is 3.79. The van der Waals surface area contributed by atoms with E-state index in [0.29, 0.717) is 0 Å². The first kappa shape index (κ1) is 11.3. The van der Waals surface area contributed by atoms with Crippen molar-refractivity contribution in [2.45, 2.75) is 6.92 Å². The quantitative estimate of drug-likeness (QED) is 0.790. The molecule has 0 spiro atoms. The van der Waals surface area contributed by atoms with Crippen molar-refractivity contribution in [1.29, 1.82) is 0 Å². The lowest BCUT2D eigenvalue weighted by molar-refractivity contribution is 0.0770. The van der Waals surface area contributed by atoms with E-state index < -0.39 is 0 Å². The van der Waals surface area contributed by atoms with Gasteiger partial charge in [-0.25, -0.2) is 0 Å². The summed E-state index contributed by atoms with van der Waals surface area (Å²) in [5.74, 6) is 1.76. The molecule has 5 heteroatoms. The molecule has 1 aliphatic heterocycles. The number of carbonyl (C=O) groups is 1. The van der Waals surface area contributed by atoms with Crippen molar-refractivity contribution in [3.05, 3.63) is 33.7 Å². The van der Waals surface area contributed by atoms with Crippen molar-refractivity contribution in [2.75, 3.05) is 24.6 Å². The fraction of sp³-hybridized carbons (Fsp3) is 0.455. The molecule has 1 fully saturated rings. The minimum Gasteiger partial charge on any atom is -0.337 e.